The maximum Gasteiger partial charge on any atom is 0.202 e. The maximum absolute atomic E-state index is 4.33. The van der Waals surface area contributed by atoms with Crippen LogP contribution in [0.3, 0.4) is 0 Å². The first-order chi connectivity index (χ1) is 8.38. The molecule has 1 N–H and O–H groups in total. The van der Waals surface area contributed by atoms with Gasteiger partial charge in [-0.15, -0.1) is 0 Å². The fourth-order valence-corrected chi connectivity index (χ4v) is 2.49. The average molecular weight is 227 g/mol. The normalized spacial score (nSPS) is 17.4. The van der Waals surface area contributed by atoms with Crippen LogP contribution in [-0.2, 0) is 13.0 Å². The summed E-state index contributed by atoms with van der Waals surface area (Å²) in [6, 6.07) is 8.69. The Hall–Kier alpha value is -1.77. The monoisotopic (exact) mass is 227 g/mol. The number of nitrogens with one attached hydrogen (secondary N) is 1. The first-order valence-corrected chi connectivity index (χ1v) is 6.21. The van der Waals surface area contributed by atoms with E-state index in [0.717, 1.165) is 19.0 Å². The van der Waals surface area contributed by atoms with Crippen LogP contribution in [-0.4, -0.2) is 16.1 Å². The van der Waals surface area contributed by atoms with Crippen LogP contribution < -0.4 is 5.32 Å². The van der Waals surface area contributed by atoms with Gasteiger partial charge in [0.25, 0.3) is 0 Å². The van der Waals surface area contributed by atoms with Gasteiger partial charge in [0, 0.05) is 31.4 Å². The van der Waals surface area contributed by atoms with E-state index >= 15 is 0 Å². The van der Waals surface area contributed by atoms with Crippen molar-refractivity contribution in [2.45, 2.75) is 25.8 Å². The minimum Gasteiger partial charge on any atom is -0.355 e. The lowest BCUT2D eigenvalue weighted by Gasteiger charge is -2.30. The second-order valence-corrected chi connectivity index (χ2v) is 4.52. The number of anilines is 1. The van der Waals surface area contributed by atoms with E-state index in [0.29, 0.717) is 5.92 Å². The third-order valence-electron chi connectivity index (χ3n) is 3.52. The topological polar surface area (TPSA) is 29.9 Å². The summed E-state index contributed by atoms with van der Waals surface area (Å²) >= 11 is 0. The molecule has 0 saturated carbocycles. The molecule has 0 bridgehead atoms. The SMILES string of the molecule is CCn1ccnc1NCC1Cc2ccccc21. The Balaban J connectivity index is 1.64. The van der Waals surface area contributed by atoms with Crippen molar-refractivity contribution in [3.05, 3.63) is 47.8 Å². The third kappa shape index (κ3) is 1.82. The molecule has 1 aliphatic rings. The van der Waals surface area contributed by atoms with Crippen LogP contribution in [0, 0.1) is 0 Å². The van der Waals surface area contributed by atoms with Crippen molar-refractivity contribution in [3.8, 4) is 0 Å². The molecule has 0 aliphatic heterocycles. The highest BCUT2D eigenvalue weighted by atomic mass is 15.2. The van der Waals surface area contributed by atoms with Crippen LogP contribution in [0.5, 0.6) is 0 Å². The van der Waals surface area contributed by atoms with Crippen molar-refractivity contribution in [1.29, 1.82) is 0 Å². The van der Waals surface area contributed by atoms with Crippen molar-refractivity contribution >= 4 is 5.95 Å². The Morgan fingerprint density at radius 1 is 1.41 bits per heavy atom. The van der Waals surface area contributed by atoms with Gasteiger partial charge in [-0.1, -0.05) is 24.3 Å². The van der Waals surface area contributed by atoms with Gasteiger partial charge in [-0.3, -0.25) is 0 Å². The van der Waals surface area contributed by atoms with Crippen LogP contribution in [0.1, 0.15) is 24.0 Å². The number of aryl methyl sites for hydroxylation is 1. The fourth-order valence-electron chi connectivity index (χ4n) is 2.49. The van der Waals surface area contributed by atoms with Gasteiger partial charge in [0.15, 0.2) is 0 Å². The minimum atomic E-state index is 0.646. The predicted octanol–water partition coefficient (Wildman–Crippen LogP) is 2.65. The minimum absolute atomic E-state index is 0.646. The van der Waals surface area contributed by atoms with Crippen LogP contribution in [0.25, 0.3) is 0 Å². The van der Waals surface area contributed by atoms with E-state index in [9.17, 15) is 0 Å². The lowest BCUT2D eigenvalue weighted by atomic mass is 9.78. The van der Waals surface area contributed by atoms with Crippen LogP contribution in [0.2, 0.25) is 0 Å². The molecule has 0 fully saturated rings. The standard InChI is InChI=1S/C14H17N3/c1-2-17-8-7-15-14(17)16-10-12-9-11-5-3-4-6-13(11)12/h3-8,12H,2,9-10H2,1H3,(H,15,16). The molecule has 1 aromatic carbocycles. The molecule has 1 heterocycles. The molecule has 0 amide bonds. The Morgan fingerprint density at radius 2 is 2.29 bits per heavy atom. The van der Waals surface area contributed by atoms with Crippen molar-refractivity contribution in [3.63, 3.8) is 0 Å². The summed E-state index contributed by atoms with van der Waals surface area (Å²) in [6.45, 7) is 4.07. The van der Waals surface area contributed by atoms with E-state index < -0.39 is 0 Å². The lowest BCUT2D eigenvalue weighted by molar-refractivity contribution is 0.628. The molecule has 1 aliphatic carbocycles. The Labute approximate surface area is 101 Å². The number of hydrogen-bond donors (Lipinski definition) is 1. The van der Waals surface area contributed by atoms with E-state index in [1.165, 1.54) is 17.5 Å². The summed E-state index contributed by atoms with van der Waals surface area (Å²) in [5.74, 6) is 1.63. The Kier molecular flexibility index (Phi) is 2.59. The first kappa shape index (κ1) is 10.4. The summed E-state index contributed by atoms with van der Waals surface area (Å²) in [5.41, 5.74) is 2.99. The number of hydrogen-bond acceptors (Lipinski definition) is 2. The molecular weight excluding hydrogens is 210 g/mol. The molecule has 0 saturated heterocycles. The van der Waals surface area contributed by atoms with Gasteiger partial charge < -0.3 is 9.88 Å². The van der Waals surface area contributed by atoms with Crippen molar-refractivity contribution in [1.82, 2.24) is 9.55 Å². The van der Waals surface area contributed by atoms with Crippen molar-refractivity contribution in [2.24, 2.45) is 0 Å². The van der Waals surface area contributed by atoms with Crippen molar-refractivity contribution < 1.29 is 0 Å². The fraction of sp³-hybridized carbons (Fsp3) is 0.357. The summed E-state index contributed by atoms with van der Waals surface area (Å²) in [7, 11) is 0. The Bertz CT molecular complexity index is 516. The summed E-state index contributed by atoms with van der Waals surface area (Å²) in [5, 5.41) is 3.44. The second-order valence-electron chi connectivity index (χ2n) is 4.52. The molecule has 17 heavy (non-hydrogen) atoms. The largest absolute Gasteiger partial charge is 0.355 e. The molecule has 0 spiro atoms. The van der Waals surface area contributed by atoms with E-state index in [4.69, 9.17) is 0 Å². The van der Waals surface area contributed by atoms with E-state index in [-0.39, 0.29) is 0 Å². The number of rotatable bonds is 4. The number of benzene rings is 1. The second kappa shape index (κ2) is 4.24. The number of nitrogens with zero attached hydrogens (tertiary/aromatic N) is 2. The van der Waals surface area contributed by atoms with Gasteiger partial charge >= 0.3 is 0 Å². The smallest absolute Gasteiger partial charge is 0.202 e. The zero-order chi connectivity index (χ0) is 11.7. The molecule has 1 atom stereocenters. The molecule has 1 aromatic heterocycles. The number of imidazole rings is 1. The molecule has 88 valence electrons. The number of aromatic nitrogens is 2. The van der Waals surface area contributed by atoms with Gasteiger partial charge in [0.1, 0.15) is 0 Å². The van der Waals surface area contributed by atoms with E-state index in [1.54, 1.807) is 0 Å². The molecule has 3 nitrogen and oxygen atoms in total. The molecule has 3 heteroatoms. The predicted molar refractivity (Wildman–Crippen MR) is 69.3 cm³/mol. The van der Waals surface area contributed by atoms with Gasteiger partial charge in [-0.2, -0.15) is 0 Å². The van der Waals surface area contributed by atoms with Crippen LogP contribution >= 0.6 is 0 Å². The molecule has 1 unspecified atom stereocenters. The summed E-state index contributed by atoms with van der Waals surface area (Å²) in [6.07, 6.45) is 5.05. The van der Waals surface area contributed by atoms with Gasteiger partial charge in [0.05, 0.1) is 0 Å². The van der Waals surface area contributed by atoms with Crippen LogP contribution in [0.15, 0.2) is 36.7 Å². The molecule has 3 rings (SSSR count). The van der Waals surface area contributed by atoms with E-state index in [2.05, 4.69) is 46.1 Å². The third-order valence-corrected chi connectivity index (χ3v) is 3.52. The highest BCUT2D eigenvalue weighted by Gasteiger charge is 2.25. The van der Waals surface area contributed by atoms with Gasteiger partial charge in [-0.25, -0.2) is 4.98 Å². The van der Waals surface area contributed by atoms with E-state index in [1.807, 2.05) is 12.4 Å². The first-order valence-electron chi connectivity index (χ1n) is 6.21. The van der Waals surface area contributed by atoms with Crippen LogP contribution in [0.4, 0.5) is 5.95 Å². The maximum atomic E-state index is 4.33. The average Bonchev–Trinajstić information content (AvgIpc) is 2.78. The zero-order valence-electron chi connectivity index (χ0n) is 10.1. The summed E-state index contributed by atoms with van der Waals surface area (Å²) < 4.78 is 2.13. The molecular formula is C14H17N3. The van der Waals surface area contributed by atoms with Gasteiger partial charge in [0.2, 0.25) is 5.95 Å². The summed E-state index contributed by atoms with van der Waals surface area (Å²) in [4.78, 5) is 4.33. The Morgan fingerprint density at radius 3 is 3.12 bits per heavy atom. The molecule has 2 aromatic rings. The lowest BCUT2D eigenvalue weighted by Crippen LogP contribution is -2.25. The highest BCUT2D eigenvalue weighted by molar-refractivity contribution is 5.41. The highest BCUT2D eigenvalue weighted by Crippen LogP contribution is 2.34. The zero-order valence-corrected chi connectivity index (χ0v) is 10.1. The quantitative estimate of drug-likeness (QED) is 0.870. The van der Waals surface area contributed by atoms with Gasteiger partial charge in [-0.05, 0) is 24.5 Å². The number of fused-ring (bicyclic) bond motifs is 1. The van der Waals surface area contributed by atoms with Crippen molar-refractivity contribution in [2.75, 3.05) is 11.9 Å². The molecule has 0 radical (unpaired) electrons.